The van der Waals surface area contributed by atoms with Gasteiger partial charge in [0.1, 0.15) is 11.8 Å². The van der Waals surface area contributed by atoms with E-state index in [2.05, 4.69) is 4.98 Å². The molecule has 1 N–H and O–H groups in total. The van der Waals surface area contributed by atoms with E-state index in [9.17, 15) is 0 Å². The normalized spacial score (nSPS) is 10.4. The van der Waals surface area contributed by atoms with Gasteiger partial charge < -0.3 is 9.51 Å². The summed E-state index contributed by atoms with van der Waals surface area (Å²) in [5.41, 5.74) is 0.738. The van der Waals surface area contributed by atoms with Crippen molar-refractivity contribution in [3.8, 4) is 5.88 Å². The van der Waals surface area contributed by atoms with Gasteiger partial charge >= 0.3 is 0 Å². The maximum Gasteiger partial charge on any atom is 0.237 e. The number of hydrogen-bond acceptors (Lipinski definition) is 2. The highest BCUT2D eigenvalue weighted by molar-refractivity contribution is 5.55. The number of aromatic nitrogens is 2. The monoisotopic (exact) mass is 134 g/mol. The second-order valence-corrected chi connectivity index (χ2v) is 2.06. The van der Waals surface area contributed by atoms with E-state index in [1.807, 2.05) is 24.4 Å². The summed E-state index contributed by atoms with van der Waals surface area (Å²) in [6, 6.07) is 5.55. The smallest absolute Gasteiger partial charge is 0.237 e. The number of imidazole rings is 1. The molecule has 0 saturated heterocycles. The lowest BCUT2D eigenvalue weighted by molar-refractivity contribution is 0.462. The molecule has 0 unspecified atom stereocenters. The number of rotatable bonds is 0. The summed E-state index contributed by atoms with van der Waals surface area (Å²) < 4.78 is 1.76. The van der Waals surface area contributed by atoms with Crippen LogP contribution < -0.4 is 0 Å². The molecule has 0 aliphatic carbocycles. The third-order valence-corrected chi connectivity index (χ3v) is 1.42. The van der Waals surface area contributed by atoms with Crippen molar-refractivity contribution in [1.29, 1.82) is 0 Å². The lowest BCUT2D eigenvalue weighted by atomic mass is 10.4. The minimum atomic E-state index is 0.0839. The quantitative estimate of drug-likeness (QED) is 0.584. The third kappa shape index (κ3) is 0.572. The Morgan fingerprint density at radius 2 is 2.30 bits per heavy atom. The van der Waals surface area contributed by atoms with Crippen LogP contribution in [0.3, 0.4) is 0 Å². The molecular formula is C7H6N2O. The summed E-state index contributed by atoms with van der Waals surface area (Å²) in [7, 11) is 0. The number of aromatic hydroxyl groups is 1. The van der Waals surface area contributed by atoms with Crippen LogP contribution in [0.4, 0.5) is 0 Å². The van der Waals surface area contributed by atoms with E-state index in [-0.39, 0.29) is 5.88 Å². The molecule has 0 saturated carbocycles. The second kappa shape index (κ2) is 1.73. The van der Waals surface area contributed by atoms with Crippen LogP contribution in [0.5, 0.6) is 5.88 Å². The third-order valence-electron chi connectivity index (χ3n) is 1.42. The van der Waals surface area contributed by atoms with Crippen LogP contribution in [0.15, 0.2) is 30.7 Å². The van der Waals surface area contributed by atoms with Crippen molar-refractivity contribution in [3.63, 3.8) is 0 Å². The van der Waals surface area contributed by atoms with E-state index >= 15 is 0 Å². The van der Waals surface area contributed by atoms with E-state index in [4.69, 9.17) is 5.11 Å². The minimum absolute atomic E-state index is 0.0839. The van der Waals surface area contributed by atoms with Gasteiger partial charge in [-0.05, 0) is 12.1 Å². The molecule has 50 valence electrons. The van der Waals surface area contributed by atoms with E-state index in [0.717, 1.165) is 5.52 Å². The Hall–Kier alpha value is -1.51. The molecule has 3 heteroatoms. The van der Waals surface area contributed by atoms with Crippen LogP contribution in [0.1, 0.15) is 0 Å². The fraction of sp³-hybridized carbons (Fsp3) is 0. The molecule has 0 aromatic carbocycles. The second-order valence-electron chi connectivity index (χ2n) is 2.06. The van der Waals surface area contributed by atoms with Crippen molar-refractivity contribution in [1.82, 2.24) is 9.38 Å². The summed E-state index contributed by atoms with van der Waals surface area (Å²) >= 11 is 0. The number of fused-ring (bicyclic) bond motifs is 1. The molecule has 2 heterocycles. The zero-order chi connectivity index (χ0) is 6.97. The predicted molar refractivity (Wildman–Crippen MR) is 36.9 cm³/mol. The van der Waals surface area contributed by atoms with Crippen LogP contribution in [0.2, 0.25) is 0 Å². The van der Waals surface area contributed by atoms with Crippen molar-refractivity contribution in [3.05, 3.63) is 30.7 Å². The van der Waals surface area contributed by atoms with Gasteiger partial charge in [-0.1, -0.05) is 6.07 Å². The average Bonchev–Trinajstić information content (AvgIpc) is 2.34. The maximum absolute atomic E-state index is 9.08. The molecule has 0 amide bonds. The molecule has 0 radical (unpaired) electrons. The summed E-state index contributed by atoms with van der Waals surface area (Å²) in [6.07, 6.45) is 3.41. The fourth-order valence-corrected chi connectivity index (χ4v) is 0.929. The van der Waals surface area contributed by atoms with Crippen LogP contribution >= 0.6 is 0 Å². The van der Waals surface area contributed by atoms with Gasteiger partial charge in [-0.25, -0.2) is 4.98 Å². The first-order chi connectivity index (χ1) is 4.88. The zero-order valence-electron chi connectivity index (χ0n) is 5.23. The highest BCUT2D eigenvalue weighted by Gasteiger charge is 1.97. The summed E-state index contributed by atoms with van der Waals surface area (Å²) in [6.45, 7) is 0. The molecular weight excluding hydrogens is 128 g/mol. The van der Waals surface area contributed by atoms with Crippen LogP contribution in [-0.4, -0.2) is 14.5 Å². The lowest BCUT2D eigenvalue weighted by Gasteiger charge is -1.88. The molecule has 0 aliphatic heterocycles. The minimum Gasteiger partial charge on any atom is -0.492 e. The van der Waals surface area contributed by atoms with E-state index in [0.29, 0.717) is 0 Å². The first-order valence-corrected chi connectivity index (χ1v) is 2.98. The zero-order valence-corrected chi connectivity index (χ0v) is 5.23. The Balaban J connectivity index is 2.93. The summed E-state index contributed by atoms with van der Waals surface area (Å²) in [4.78, 5) is 3.71. The van der Waals surface area contributed by atoms with Gasteiger partial charge in [0.05, 0.1) is 0 Å². The maximum atomic E-state index is 9.08. The molecule has 0 spiro atoms. The van der Waals surface area contributed by atoms with Crippen molar-refractivity contribution >= 4 is 5.52 Å². The van der Waals surface area contributed by atoms with Gasteiger partial charge in [-0.3, -0.25) is 0 Å². The van der Waals surface area contributed by atoms with Gasteiger partial charge in [-0.15, -0.1) is 0 Å². The average molecular weight is 134 g/mol. The molecule has 0 fully saturated rings. The van der Waals surface area contributed by atoms with Crippen molar-refractivity contribution in [2.75, 3.05) is 0 Å². The van der Waals surface area contributed by atoms with Gasteiger partial charge in [0.25, 0.3) is 0 Å². The molecule has 0 bridgehead atoms. The van der Waals surface area contributed by atoms with Crippen LogP contribution in [0.25, 0.3) is 5.52 Å². The predicted octanol–water partition coefficient (Wildman–Crippen LogP) is 1.04. The molecule has 2 rings (SSSR count). The van der Waals surface area contributed by atoms with Gasteiger partial charge in [0, 0.05) is 6.20 Å². The topological polar surface area (TPSA) is 37.5 Å². The first kappa shape index (κ1) is 5.29. The lowest BCUT2D eigenvalue weighted by Crippen LogP contribution is -1.76. The molecule has 0 atom stereocenters. The molecule has 2 aromatic heterocycles. The molecule has 10 heavy (non-hydrogen) atoms. The molecule has 0 aliphatic rings. The standard InChI is InChI=1S/C7H6N2O/c10-7-6-3-1-2-4-9(6)5-8-7/h1-5,10H. The van der Waals surface area contributed by atoms with Crippen molar-refractivity contribution in [2.24, 2.45) is 0 Å². The van der Waals surface area contributed by atoms with Gasteiger partial charge in [-0.2, -0.15) is 0 Å². The van der Waals surface area contributed by atoms with Gasteiger partial charge in [0.15, 0.2) is 0 Å². The van der Waals surface area contributed by atoms with E-state index < -0.39 is 0 Å². The number of nitrogens with zero attached hydrogens (tertiary/aromatic N) is 2. The number of hydrogen-bond donors (Lipinski definition) is 1. The largest absolute Gasteiger partial charge is 0.492 e. The van der Waals surface area contributed by atoms with Gasteiger partial charge in [0.2, 0.25) is 5.88 Å². The Bertz CT molecular complexity index is 353. The van der Waals surface area contributed by atoms with E-state index in [1.54, 1.807) is 10.7 Å². The van der Waals surface area contributed by atoms with Crippen LogP contribution in [0, 0.1) is 0 Å². The summed E-state index contributed by atoms with van der Waals surface area (Å²) in [5, 5.41) is 9.08. The highest BCUT2D eigenvalue weighted by Crippen LogP contribution is 2.13. The van der Waals surface area contributed by atoms with Crippen molar-refractivity contribution < 1.29 is 5.11 Å². The first-order valence-electron chi connectivity index (χ1n) is 2.98. The summed E-state index contributed by atoms with van der Waals surface area (Å²) in [5.74, 6) is 0.0839. The van der Waals surface area contributed by atoms with E-state index in [1.165, 1.54) is 0 Å². The fourth-order valence-electron chi connectivity index (χ4n) is 0.929. The van der Waals surface area contributed by atoms with Crippen molar-refractivity contribution in [2.45, 2.75) is 0 Å². The van der Waals surface area contributed by atoms with Crippen LogP contribution in [-0.2, 0) is 0 Å². The highest BCUT2D eigenvalue weighted by atomic mass is 16.3. The number of pyridine rings is 1. The Morgan fingerprint density at radius 3 is 3.10 bits per heavy atom. The Labute approximate surface area is 57.6 Å². The SMILES string of the molecule is Oc1ncn2ccccc12. The molecule has 3 nitrogen and oxygen atoms in total. The Kier molecular flexibility index (Phi) is 0.917. The Morgan fingerprint density at radius 1 is 1.40 bits per heavy atom. The molecule has 2 aromatic rings.